The van der Waals surface area contributed by atoms with Gasteiger partial charge in [0.15, 0.2) is 5.15 Å². The summed E-state index contributed by atoms with van der Waals surface area (Å²) in [5, 5.41) is 29.7. The van der Waals surface area contributed by atoms with Gasteiger partial charge in [-0.15, -0.1) is 10.2 Å². The van der Waals surface area contributed by atoms with Gasteiger partial charge >= 0.3 is 6.03 Å². The van der Waals surface area contributed by atoms with E-state index in [0.717, 1.165) is 72.4 Å². The highest BCUT2D eigenvalue weighted by Gasteiger charge is 2.42. The number of hydrogen-bond donors (Lipinski definition) is 6. The zero-order valence-corrected chi connectivity index (χ0v) is 42.0. The summed E-state index contributed by atoms with van der Waals surface area (Å²) >= 11 is 8.53. The first-order valence-electron chi connectivity index (χ1n) is 24.4. The number of amides is 5. The van der Waals surface area contributed by atoms with Gasteiger partial charge in [0.2, 0.25) is 23.5 Å². The Morgan fingerprint density at radius 3 is 2.04 bits per heavy atom. The van der Waals surface area contributed by atoms with E-state index in [1.165, 1.54) is 0 Å². The van der Waals surface area contributed by atoms with Gasteiger partial charge in [0.05, 0.1) is 90.4 Å². The van der Waals surface area contributed by atoms with Crippen LogP contribution in [0, 0.1) is 0 Å². The maximum absolute atomic E-state index is 12.7. The molecule has 0 saturated carbocycles. The molecule has 388 valence electrons. The number of nitrogens with one attached hydrogen (secondary N) is 6. The van der Waals surface area contributed by atoms with Crippen LogP contribution < -0.4 is 26.6 Å². The largest absolute Gasteiger partial charge is 0.377 e. The number of hydrogen-bond acceptors (Lipinski definition) is 15. The molecule has 0 bridgehead atoms. The van der Waals surface area contributed by atoms with E-state index in [1.54, 1.807) is 0 Å². The lowest BCUT2D eigenvalue weighted by molar-refractivity contribution is -0.131. The molecule has 5 amide bonds. The highest BCUT2D eigenvalue weighted by Crippen LogP contribution is 2.33. The number of carbonyl (C=O) groups excluding carboxylic acids is 4. The first-order chi connectivity index (χ1) is 34.8. The third-order valence-corrected chi connectivity index (χ3v) is 13.4. The Kier molecular flexibility index (Phi) is 24.3. The van der Waals surface area contributed by atoms with Crippen molar-refractivity contribution in [2.45, 2.75) is 82.3 Å². The standard InChI is InChI=1S/C48H68ClN11O10S/c1-2-3-11-41-54-46(49)39(60(41)30-34-13-15-35(16-14-34)36-8-4-5-9-37(36)47-56-58-59-57-47)29-52-44(63)32-70-31-43(62)51-18-20-66-22-24-68-26-28-69-27-25-67-23-21-65-19-17-50-42(61)12-7-6-10-40-45-38(33-71-40)53-48(64)55-45/h4-5,8-9,13-16,38,40,45H,2-3,6-7,10-12,17-33H2,1H3,(H,50,61)(H,51,62)(H,52,63)(H2,53,55,64)(H,56,57,58,59)/t38-,40-,45-/m0/s1. The molecule has 21 nitrogen and oxygen atoms in total. The molecule has 23 heteroatoms. The molecule has 2 aromatic heterocycles. The zero-order chi connectivity index (χ0) is 49.9. The van der Waals surface area contributed by atoms with Gasteiger partial charge in [-0.25, -0.2) is 9.78 Å². The van der Waals surface area contributed by atoms with E-state index < -0.39 is 5.91 Å². The minimum atomic E-state index is -0.391. The van der Waals surface area contributed by atoms with Crippen molar-refractivity contribution >= 4 is 47.1 Å². The van der Waals surface area contributed by atoms with Crippen LogP contribution in [0.5, 0.6) is 0 Å². The van der Waals surface area contributed by atoms with Crippen molar-refractivity contribution in [3.05, 3.63) is 70.8 Å². The second-order valence-electron chi connectivity index (χ2n) is 16.8. The summed E-state index contributed by atoms with van der Waals surface area (Å²) in [5.41, 5.74) is 4.58. The molecule has 2 saturated heterocycles. The summed E-state index contributed by atoms with van der Waals surface area (Å²) in [4.78, 5) is 53.3. The molecule has 6 N–H and O–H groups in total. The topological polar surface area (TPSA) is 256 Å². The van der Waals surface area contributed by atoms with Crippen molar-refractivity contribution in [2.24, 2.45) is 0 Å². The number of H-pyrrole nitrogens is 1. The average molecular weight is 1030 g/mol. The van der Waals surface area contributed by atoms with Crippen molar-refractivity contribution in [1.82, 2.24) is 56.8 Å². The molecular weight excluding hydrogens is 958 g/mol. The van der Waals surface area contributed by atoms with Crippen LogP contribution in [-0.4, -0.2) is 169 Å². The predicted molar refractivity (Wildman–Crippen MR) is 267 cm³/mol. The SMILES string of the molecule is CCCCc1nc(Cl)c(CNC(=O)COCC(=O)NCCOCCOCCOCCOCCOCCNC(=O)CCCC[C@@H]2SC[C@@H]3NC(=O)N[C@@H]32)n1Cc1ccc(-c2ccccc2-c2nn[nH]n2)cc1. The van der Waals surface area contributed by atoms with Crippen molar-refractivity contribution < 1.29 is 47.6 Å². The van der Waals surface area contributed by atoms with E-state index in [0.29, 0.717) is 108 Å². The maximum Gasteiger partial charge on any atom is 0.315 e. The zero-order valence-electron chi connectivity index (χ0n) is 40.4. The van der Waals surface area contributed by atoms with Crippen molar-refractivity contribution in [3.8, 4) is 22.5 Å². The first kappa shape index (κ1) is 55.1. The van der Waals surface area contributed by atoms with Crippen LogP contribution in [0.2, 0.25) is 5.15 Å². The molecule has 2 aromatic carbocycles. The monoisotopic (exact) mass is 1030 g/mol. The number of aryl methyl sites for hydroxylation is 1. The van der Waals surface area contributed by atoms with E-state index in [4.69, 9.17) is 40.0 Å². The number of benzene rings is 2. The summed E-state index contributed by atoms with van der Waals surface area (Å²) in [6, 6.07) is 16.5. The molecule has 4 heterocycles. The lowest BCUT2D eigenvalue weighted by Crippen LogP contribution is -2.36. The van der Waals surface area contributed by atoms with Gasteiger partial charge in [0.1, 0.15) is 19.0 Å². The number of nitrogens with zero attached hydrogens (tertiary/aromatic N) is 5. The number of urea groups is 1. The van der Waals surface area contributed by atoms with Crippen LogP contribution in [0.25, 0.3) is 22.5 Å². The van der Waals surface area contributed by atoms with E-state index >= 15 is 0 Å². The fourth-order valence-electron chi connectivity index (χ4n) is 7.95. The van der Waals surface area contributed by atoms with Gasteiger partial charge in [-0.05, 0) is 41.2 Å². The number of ether oxygens (including phenoxy) is 6. The third kappa shape index (κ3) is 19.1. The molecule has 2 aliphatic rings. The summed E-state index contributed by atoms with van der Waals surface area (Å²) < 4.78 is 35.0. The molecule has 6 rings (SSSR count). The summed E-state index contributed by atoms with van der Waals surface area (Å²) in [6.07, 6.45) is 5.93. The molecule has 0 unspecified atom stereocenters. The lowest BCUT2D eigenvalue weighted by atomic mass is 9.98. The number of halogens is 1. The van der Waals surface area contributed by atoms with Crippen LogP contribution in [0.15, 0.2) is 48.5 Å². The third-order valence-electron chi connectivity index (χ3n) is 11.6. The average Bonchev–Trinajstić information content (AvgIpc) is 4.18. The van der Waals surface area contributed by atoms with E-state index in [1.807, 2.05) is 36.0 Å². The predicted octanol–water partition coefficient (Wildman–Crippen LogP) is 3.45. The molecule has 0 radical (unpaired) electrons. The Morgan fingerprint density at radius 1 is 0.761 bits per heavy atom. The van der Waals surface area contributed by atoms with Gasteiger partial charge in [-0.1, -0.05) is 79.9 Å². The number of fused-ring (bicyclic) bond motifs is 1. The molecule has 0 spiro atoms. The Balaban J connectivity index is 0.715. The maximum atomic E-state index is 12.7. The van der Waals surface area contributed by atoms with Crippen LogP contribution in [0.3, 0.4) is 0 Å². The second-order valence-corrected chi connectivity index (χ2v) is 18.5. The smallest absolute Gasteiger partial charge is 0.315 e. The Hall–Kier alpha value is -5.20. The minimum absolute atomic E-state index is 0.0239. The van der Waals surface area contributed by atoms with Gasteiger partial charge in [0, 0.05) is 49.0 Å². The Labute approximate surface area is 423 Å². The van der Waals surface area contributed by atoms with E-state index in [2.05, 4.69) is 87.9 Å². The van der Waals surface area contributed by atoms with Crippen LogP contribution in [0.4, 0.5) is 4.79 Å². The van der Waals surface area contributed by atoms with Gasteiger partial charge < -0.3 is 59.6 Å². The molecule has 3 atom stereocenters. The number of imidazole rings is 1. The number of thioether (sulfide) groups is 1. The van der Waals surface area contributed by atoms with Crippen LogP contribution >= 0.6 is 23.4 Å². The summed E-state index contributed by atoms with van der Waals surface area (Å²) in [7, 11) is 0. The normalized spacial score (nSPS) is 16.1. The van der Waals surface area contributed by atoms with Crippen molar-refractivity contribution in [3.63, 3.8) is 0 Å². The number of tetrazole rings is 1. The van der Waals surface area contributed by atoms with Crippen LogP contribution in [0.1, 0.15) is 62.5 Å². The number of carbonyl (C=O) groups is 4. The lowest BCUT2D eigenvalue weighted by Gasteiger charge is -2.16. The van der Waals surface area contributed by atoms with Crippen LogP contribution in [-0.2, 0) is 62.3 Å². The molecule has 71 heavy (non-hydrogen) atoms. The minimum Gasteiger partial charge on any atom is -0.377 e. The van der Waals surface area contributed by atoms with Gasteiger partial charge in [0.25, 0.3) is 0 Å². The summed E-state index contributed by atoms with van der Waals surface area (Å²) in [6.45, 7) is 6.91. The van der Waals surface area contributed by atoms with E-state index in [9.17, 15) is 19.2 Å². The molecule has 2 aliphatic heterocycles. The van der Waals surface area contributed by atoms with E-state index in [-0.39, 0.29) is 56.2 Å². The van der Waals surface area contributed by atoms with Gasteiger partial charge in [-0.3, -0.25) is 14.4 Å². The summed E-state index contributed by atoms with van der Waals surface area (Å²) in [5.74, 6) is 1.57. The fraction of sp³-hybridized carbons (Fsp3) is 0.583. The molecule has 4 aromatic rings. The Morgan fingerprint density at radius 2 is 1.39 bits per heavy atom. The number of aromatic amines is 1. The Bertz CT molecular complexity index is 2220. The highest BCUT2D eigenvalue weighted by molar-refractivity contribution is 8.00. The van der Waals surface area contributed by atoms with Gasteiger partial charge in [-0.2, -0.15) is 17.0 Å². The number of rotatable bonds is 36. The van der Waals surface area contributed by atoms with Crippen molar-refractivity contribution in [2.75, 3.05) is 98.1 Å². The number of unbranched alkanes of at least 4 members (excludes halogenated alkanes) is 2. The first-order valence-corrected chi connectivity index (χ1v) is 25.8. The fourth-order valence-corrected chi connectivity index (χ4v) is 9.76. The number of aromatic nitrogens is 6. The second kappa shape index (κ2) is 31.3. The van der Waals surface area contributed by atoms with Crippen molar-refractivity contribution in [1.29, 1.82) is 0 Å². The highest BCUT2D eigenvalue weighted by atomic mass is 35.5. The molecule has 2 fully saturated rings. The quantitative estimate of drug-likeness (QED) is 0.0282. The molecule has 0 aliphatic carbocycles. The molecular formula is C48H68ClN11O10S.